The monoisotopic (exact) mass is 1010 g/mol. The van der Waals surface area contributed by atoms with Crippen LogP contribution < -0.4 is 35.5 Å². The van der Waals surface area contributed by atoms with Crippen LogP contribution in [0.25, 0.3) is 21.8 Å². The van der Waals surface area contributed by atoms with Crippen molar-refractivity contribution < 1.29 is 58.4 Å². The van der Waals surface area contributed by atoms with E-state index in [2.05, 4.69) is 24.8 Å². The van der Waals surface area contributed by atoms with Gasteiger partial charge in [0.25, 0.3) is 0 Å². The van der Waals surface area contributed by atoms with Gasteiger partial charge in [-0.15, -0.1) is 0 Å². The van der Waals surface area contributed by atoms with Gasteiger partial charge < -0.3 is 58.9 Å². The normalized spacial score (nSPS) is 13.1. The van der Waals surface area contributed by atoms with Gasteiger partial charge in [-0.05, 0) is 88.8 Å². The zero-order valence-corrected chi connectivity index (χ0v) is 41.5. The summed E-state index contributed by atoms with van der Waals surface area (Å²) in [5.41, 5.74) is 17.7. The second kappa shape index (κ2) is 22.6. The van der Waals surface area contributed by atoms with E-state index in [4.69, 9.17) is 34.2 Å². The number of rotatable bonds is 13. The zero-order valence-electron chi connectivity index (χ0n) is 41.5. The van der Waals surface area contributed by atoms with Crippen LogP contribution in [0.15, 0.2) is 176 Å². The summed E-state index contributed by atoms with van der Waals surface area (Å²) < 4.78 is 36.1. The number of fused-ring (bicyclic) bond motifs is 4. The first-order valence-corrected chi connectivity index (χ1v) is 24.1. The number of carbonyl (C=O) groups excluding carboxylic acids is 4. The van der Waals surface area contributed by atoms with Crippen LogP contribution in [0.1, 0.15) is 84.5 Å². The number of nitrogens with two attached hydrogens (primary N) is 1. The predicted octanol–water partition coefficient (Wildman–Crippen LogP) is 8.02. The van der Waals surface area contributed by atoms with Crippen molar-refractivity contribution in [2.45, 2.75) is 38.0 Å². The van der Waals surface area contributed by atoms with Gasteiger partial charge in [0, 0.05) is 53.9 Å². The van der Waals surface area contributed by atoms with Gasteiger partial charge in [0.15, 0.2) is 23.0 Å². The van der Waals surface area contributed by atoms with Crippen LogP contribution >= 0.6 is 0 Å². The maximum atomic E-state index is 12.6. The third-order valence-corrected chi connectivity index (χ3v) is 12.9. The number of aromatic nitrogens is 2. The first-order chi connectivity index (χ1) is 36.3. The Morgan fingerprint density at radius 1 is 0.547 bits per heavy atom. The molecule has 0 saturated carbocycles. The van der Waals surface area contributed by atoms with Gasteiger partial charge in [0.1, 0.15) is 19.3 Å². The molecule has 5 N–H and O–H groups in total. The minimum atomic E-state index is -1.23. The van der Waals surface area contributed by atoms with E-state index in [0.717, 1.165) is 27.6 Å². The highest BCUT2D eigenvalue weighted by molar-refractivity contribution is 5.99. The molecule has 0 bridgehead atoms. The molecule has 2 aliphatic rings. The third-order valence-electron chi connectivity index (χ3n) is 12.9. The molecule has 75 heavy (non-hydrogen) atoms. The molecule has 0 aliphatic carbocycles. The molecule has 0 fully saturated rings. The number of carbonyl (C=O) groups is 4. The van der Waals surface area contributed by atoms with E-state index in [1.54, 1.807) is 78.5 Å². The summed E-state index contributed by atoms with van der Waals surface area (Å²) >= 11 is 0. The lowest BCUT2D eigenvalue weighted by molar-refractivity contribution is -0.420. The lowest BCUT2D eigenvalue weighted by Crippen LogP contribution is -2.51. The van der Waals surface area contributed by atoms with Crippen molar-refractivity contribution in [3.63, 3.8) is 0 Å². The summed E-state index contributed by atoms with van der Waals surface area (Å²) in [6, 6.07) is 50.5. The molecule has 1 amide bonds. The molecule has 380 valence electrons. The number of aliphatic carboxylic acids is 1. The van der Waals surface area contributed by atoms with Crippen LogP contribution in [-0.4, -0.2) is 46.5 Å². The van der Waals surface area contributed by atoms with E-state index < -0.39 is 35.7 Å². The van der Waals surface area contributed by atoms with Crippen LogP contribution in [0.3, 0.4) is 0 Å². The number of ether oxygens (including phenoxy) is 6. The smallest absolute Gasteiger partial charge is 0.338 e. The number of amides is 1. The number of esters is 2. The first-order valence-electron chi connectivity index (χ1n) is 24.1. The van der Waals surface area contributed by atoms with E-state index in [1.807, 2.05) is 109 Å². The molecule has 0 radical (unpaired) electrons. The van der Waals surface area contributed by atoms with Gasteiger partial charge in [0.05, 0.1) is 28.9 Å². The first kappa shape index (κ1) is 50.6. The Bertz CT molecular complexity index is 3310. The zero-order chi connectivity index (χ0) is 52.6. The lowest BCUT2D eigenvalue weighted by atomic mass is 9.90. The Kier molecular flexibility index (Phi) is 15.3. The van der Waals surface area contributed by atoms with E-state index in [1.165, 1.54) is 5.56 Å². The van der Waals surface area contributed by atoms with Gasteiger partial charge in [0.2, 0.25) is 19.5 Å². The van der Waals surface area contributed by atoms with Crippen molar-refractivity contribution in [3.05, 3.63) is 226 Å². The molecule has 4 heterocycles. The minimum Gasteiger partial charge on any atom is -0.549 e. The Labute approximate surface area is 432 Å². The van der Waals surface area contributed by atoms with Crippen LogP contribution in [0, 0.1) is 0 Å². The highest BCUT2D eigenvalue weighted by Gasteiger charge is 2.28. The molecular weight excluding hydrogens is 953 g/mol. The van der Waals surface area contributed by atoms with Crippen molar-refractivity contribution in [3.8, 4) is 23.0 Å². The van der Waals surface area contributed by atoms with Gasteiger partial charge in [-0.3, -0.25) is 4.79 Å². The summed E-state index contributed by atoms with van der Waals surface area (Å²) in [5.74, 6) is -1.96. The highest BCUT2D eigenvalue weighted by atomic mass is 16.7. The van der Waals surface area contributed by atoms with Crippen molar-refractivity contribution >= 4 is 45.6 Å². The van der Waals surface area contributed by atoms with E-state index in [9.17, 15) is 24.3 Å². The van der Waals surface area contributed by atoms with Gasteiger partial charge >= 0.3 is 11.9 Å². The van der Waals surface area contributed by atoms with Crippen molar-refractivity contribution in [1.29, 1.82) is 0 Å². The Hall–Kier alpha value is -9.34. The number of carboxylic acid groups (broad SMARTS) is 1. The summed E-state index contributed by atoms with van der Waals surface area (Å²) in [7, 11) is 3.67. The maximum Gasteiger partial charge on any atom is 0.338 e. The molecule has 0 spiro atoms. The number of hydrogen-bond donors (Lipinski definition) is 2. The average molecular weight is 1010 g/mol. The number of benzene rings is 7. The summed E-state index contributed by atoms with van der Waals surface area (Å²) in [6.45, 7) is 2.72. The molecule has 11 rings (SSSR count). The fraction of sp³-hybridized carbons (Fsp3) is 0.167. The largest absolute Gasteiger partial charge is 0.549 e. The number of hydrogen-bond acceptors (Lipinski definition) is 11. The number of aryl methyl sites for hydroxylation is 2. The van der Waals surface area contributed by atoms with Crippen LogP contribution in [-0.2, 0) is 46.4 Å². The fourth-order valence-corrected chi connectivity index (χ4v) is 9.06. The lowest BCUT2D eigenvalue weighted by Gasteiger charge is -2.18. The van der Waals surface area contributed by atoms with E-state index >= 15 is 0 Å². The van der Waals surface area contributed by atoms with E-state index in [-0.39, 0.29) is 26.8 Å². The van der Waals surface area contributed by atoms with Gasteiger partial charge in [-0.25, -0.2) is 9.59 Å². The molecular formula is C60H54N4O11. The number of nitrogens with zero attached hydrogens (tertiary/aromatic N) is 2. The van der Waals surface area contributed by atoms with Crippen LogP contribution in [0.4, 0.5) is 0 Å². The maximum absolute atomic E-state index is 12.6. The Morgan fingerprint density at radius 3 is 1.37 bits per heavy atom. The van der Waals surface area contributed by atoms with E-state index in [0.29, 0.717) is 67.8 Å². The molecule has 15 nitrogen and oxygen atoms in total. The fourth-order valence-electron chi connectivity index (χ4n) is 9.06. The molecule has 15 heteroatoms. The van der Waals surface area contributed by atoms with Crippen molar-refractivity contribution in [2.24, 2.45) is 19.8 Å². The molecule has 2 aliphatic heterocycles. The topological polar surface area (TPSA) is 210 Å². The molecule has 7 aromatic carbocycles. The minimum absolute atomic E-state index is 0.103. The molecule has 0 saturated heterocycles. The molecule has 3 unspecified atom stereocenters. The number of primary amides is 1. The van der Waals surface area contributed by atoms with Crippen molar-refractivity contribution in [2.75, 3.05) is 13.6 Å². The van der Waals surface area contributed by atoms with Crippen LogP contribution in [0.5, 0.6) is 23.0 Å². The molecule has 3 atom stereocenters. The molecule has 9 aromatic rings. The Balaban J connectivity index is 0.000000158. The second-order valence-electron chi connectivity index (χ2n) is 18.1. The number of carboxylic acids is 1. The summed E-state index contributed by atoms with van der Waals surface area (Å²) in [6.07, 6.45) is 3.61. The van der Waals surface area contributed by atoms with Gasteiger partial charge in [-0.1, -0.05) is 115 Å². The third kappa shape index (κ3) is 11.5. The summed E-state index contributed by atoms with van der Waals surface area (Å²) in [4.78, 5) is 49.9. The molecule has 2 aromatic heterocycles. The standard InChI is InChI=1S/C26H22N2O5.C26H21NO6.C8H11N/c1-28-13-20(24(25(27)29)17-8-10-22-23(12-17)33-15-32-22)19-9-7-18(11-21(19)28)26(30)31-14-16-5-3-2-4-6-16;1-27-13-20(24(25(28)29)17-8-10-22-23(12-17)33-15-32-22)19-9-7-18(11-21(19)27)26(30)31-14-16-5-3-2-4-6-16;1-7(9)8-5-3-2-4-6-8/h2-13,24H,14-15H2,1H3,(H2,27,29);2-13,24H,14-15H2,1H3,(H,28,29);2-7H,9H2,1H3. The quantitative estimate of drug-likeness (QED) is 0.106. The van der Waals surface area contributed by atoms with Gasteiger partial charge in [-0.2, -0.15) is 0 Å². The number of quaternary nitrogens is 1. The average Bonchev–Trinajstić information content (AvgIpc) is 4.25. The van der Waals surface area contributed by atoms with Crippen LogP contribution in [0.2, 0.25) is 0 Å². The SMILES string of the molecule is CC([NH3+])c1ccccc1.Cn1cc(C(C(=O)[O-])c2ccc3c(c2)OCO3)c2ccc(C(=O)OCc3ccccc3)cc21.Cn1cc(C(C(N)=O)c2ccc3c(c2)OCO3)c2ccc(C(=O)OCc3ccccc3)cc21. The highest BCUT2D eigenvalue weighted by Crippen LogP contribution is 2.40. The predicted molar refractivity (Wildman–Crippen MR) is 278 cm³/mol. The summed E-state index contributed by atoms with van der Waals surface area (Å²) in [5, 5.41) is 13.7. The second-order valence-corrected chi connectivity index (χ2v) is 18.1. The van der Waals surface area contributed by atoms with Crippen molar-refractivity contribution in [1.82, 2.24) is 9.13 Å². The Morgan fingerprint density at radius 2 is 0.960 bits per heavy atom.